The molecule has 0 aliphatic carbocycles. The van der Waals surface area contributed by atoms with E-state index in [1.807, 2.05) is 0 Å². The lowest BCUT2D eigenvalue weighted by Gasteiger charge is -2.31. The molecule has 1 saturated heterocycles. The van der Waals surface area contributed by atoms with Crippen LogP contribution in [0, 0.1) is 11.8 Å². The third kappa shape index (κ3) is 5.04. The first-order valence-electron chi connectivity index (χ1n) is 8.34. The molecule has 1 aliphatic heterocycles. The van der Waals surface area contributed by atoms with Crippen LogP contribution in [0.15, 0.2) is 33.6 Å². The van der Waals surface area contributed by atoms with Crippen LogP contribution in [0.2, 0.25) is 0 Å². The molecule has 0 bridgehead atoms. The third-order valence-electron chi connectivity index (χ3n) is 4.23. The van der Waals surface area contributed by atoms with E-state index in [-0.39, 0.29) is 23.3 Å². The summed E-state index contributed by atoms with van der Waals surface area (Å²) in [5.74, 6) is 0.230. The van der Waals surface area contributed by atoms with Gasteiger partial charge in [0.25, 0.3) is 0 Å². The molecule has 2 rings (SSSR count). The largest absolute Gasteiger partial charge is 0.356 e. The summed E-state index contributed by atoms with van der Waals surface area (Å²) < 4.78 is 27.8. The zero-order valence-electron chi connectivity index (χ0n) is 14.2. The topological polar surface area (TPSA) is 66.5 Å². The summed E-state index contributed by atoms with van der Waals surface area (Å²) in [5.41, 5.74) is 0. The van der Waals surface area contributed by atoms with Crippen molar-refractivity contribution in [2.45, 2.75) is 38.0 Å². The Bertz CT molecular complexity index is 659. The number of hydrogen-bond donors (Lipinski definition) is 1. The van der Waals surface area contributed by atoms with E-state index in [1.165, 1.54) is 4.31 Å². The number of benzene rings is 1. The summed E-state index contributed by atoms with van der Waals surface area (Å²) >= 11 is 3.31. The molecule has 0 unspecified atom stereocenters. The summed E-state index contributed by atoms with van der Waals surface area (Å²) in [5, 5.41) is 2.94. The number of carbonyl (C=O) groups is 1. The Morgan fingerprint density at radius 2 is 2.00 bits per heavy atom. The molecule has 0 saturated carbocycles. The van der Waals surface area contributed by atoms with E-state index in [2.05, 4.69) is 35.1 Å². The maximum absolute atomic E-state index is 12.7. The molecular formula is C17H25BrN2O3S. The molecule has 1 N–H and O–H groups in total. The van der Waals surface area contributed by atoms with Gasteiger partial charge in [0.2, 0.25) is 15.9 Å². The van der Waals surface area contributed by atoms with E-state index in [9.17, 15) is 13.2 Å². The molecule has 0 aromatic heterocycles. The van der Waals surface area contributed by atoms with Crippen molar-refractivity contribution >= 4 is 31.9 Å². The Labute approximate surface area is 153 Å². The molecule has 1 aromatic carbocycles. The SMILES string of the molecule is CC(C)CCNC(=O)[C@H]1CCCN(S(=O)(=O)c2ccc(Br)cc2)C1. The van der Waals surface area contributed by atoms with Gasteiger partial charge in [0.05, 0.1) is 10.8 Å². The lowest BCUT2D eigenvalue weighted by molar-refractivity contribution is -0.126. The fraction of sp³-hybridized carbons (Fsp3) is 0.588. The minimum Gasteiger partial charge on any atom is -0.356 e. The van der Waals surface area contributed by atoms with Crippen molar-refractivity contribution < 1.29 is 13.2 Å². The van der Waals surface area contributed by atoms with Gasteiger partial charge in [-0.3, -0.25) is 4.79 Å². The fourth-order valence-electron chi connectivity index (χ4n) is 2.76. The standard InChI is InChI=1S/C17H25BrN2O3S/c1-13(2)9-10-19-17(21)14-4-3-11-20(12-14)24(22,23)16-7-5-15(18)6-8-16/h5-8,13-14H,3-4,9-12H2,1-2H3,(H,19,21)/t14-/m0/s1. The normalized spacial score (nSPS) is 19.4. The summed E-state index contributed by atoms with van der Waals surface area (Å²) in [6.45, 7) is 5.59. The van der Waals surface area contributed by atoms with Crippen molar-refractivity contribution in [1.29, 1.82) is 0 Å². The van der Waals surface area contributed by atoms with Crippen LogP contribution in [0.1, 0.15) is 33.1 Å². The van der Waals surface area contributed by atoms with Crippen molar-refractivity contribution in [2.75, 3.05) is 19.6 Å². The number of rotatable bonds is 6. The molecule has 1 fully saturated rings. The van der Waals surface area contributed by atoms with Gasteiger partial charge in [-0.25, -0.2) is 8.42 Å². The smallest absolute Gasteiger partial charge is 0.243 e. The maximum atomic E-state index is 12.7. The van der Waals surface area contributed by atoms with Crippen LogP contribution < -0.4 is 5.32 Å². The van der Waals surface area contributed by atoms with E-state index < -0.39 is 10.0 Å². The van der Waals surface area contributed by atoms with Crippen molar-refractivity contribution in [3.8, 4) is 0 Å². The van der Waals surface area contributed by atoms with Crippen molar-refractivity contribution in [2.24, 2.45) is 11.8 Å². The van der Waals surface area contributed by atoms with Crippen LogP contribution in [0.5, 0.6) is 0 Å². The van der Waals surface area contributed by atoms with Crippen molar-refractivity contribution in [1.82, 2.24) is 9.62 Å². The van der Waals surface area contributed by atoms with Gasteiger partial charge >= 0.3 is 0 Å². The highest BCUT2D eigenvalue weighted by atomic mass is 79.9. The Balaban J connectivity index is 2.01. The predicted octanol–water partition coefficient (Wildman–Crippen LogP) is 3.01. The molecule has 1 amide bonds. The first-order valence-corrected chi connectivity index (χ1v) is 10.6. The molecule has 24 heavy (non-hydrogen) atoms. The number of sulfonamides is 1. The minimum atomic E-state index is -3.55. The number of piperidine rings is 1. The highest BCUT2D eigenvalue weighted by molar-refractivity contribution is 9.10. The number of nitrogens with zero attached hydrogens (tertiary/aromatic N) is 1. The highest BCUT2D eigenvalue weighted by Gasteiger charge is 2.33. The Morgan fingerprint density at radius 3 is 2.62 bits per heavy atom. The molecule has 0 spiro atoms. The highest BCUT2D eigenvalue weighted by Crippen LogP contribution is 2.25. The molecule has 1 atom stereocenters. The van der Waals surface area contributed by atoms with Crippen LogP contribution >= 0.6 is 15.9 Å². The zero-order chi connectivity index (χ0) is 17.7. The van der Waals surface area contributed by atoms with Crippen LogP contribution in [0.25, 0.3) is 0 Å². The number of hydrogen-bond acceptors (Lipinski definition) is 3. The van der Waals surface area contributed by atoms with Gasteiger partial charge in [-0.2, -0.15) is 4.31 Å². The van der Waals surface area contributed by atoms with Crippen LogP contribution in [0.4, 0.5) is 0 Å². The monoisotopic (exact) mass is 416 g/mol. The lowest BCUT2D eigenvalue weighted by Crippen LogP contribution is -2.45. The Kier molecular flexibility index (Phi) is 6.83. The molecule has 5 nitrogen and oxygen atoms in total. The van der Waals surface area contributed by atoms with E-state index in [4.69, 9.17) is 0 Å². The van der Waals surface area contributed by atoms with E-state index in [0.29, 0.717) is 25.4 Å². The number of nitrogens with one attached hydrogen (secondary N) is 1. The predicted molar refractivity (Wildman–Crippen MR) is 98.1 cm³/mol. The van der Waals surface area contributed by atoms with E-state index in [1.54, 1.807) is 24.3 Å². The van der Waals surface area contributed by atoms with Crippen molar-refractivity contribution in [3.63, 3.8) is 0 Å². The average molecular weight is 417 g/mol. The molecule has 1 aromatic rings. The van der Waals surface area contributed by atoms with Gasteiger partial charge in [-0.15, -0.1) is 0 Å². The Morgan fingerprint density at radius 1 is 1.33 bits per heavy atom. The minimum absolute atomic E-state index is 0.0358. The van der Waals surface area contributed by atoms with Crippen LogP contribution in [0.3, 0.4) is 0 Å². The van der Waals surface area contributed by atoms with Gasteiger partial charge in [0.15, 0.2) is 0 Å². The molecule has 134 valence electrons. The molecular weight excluding hydrogens is 392 g/mol. The molecule has 1 aliphatic rings. The maximum Gasteiger partial charge on any atom is 0.243 e. The molecule has 0 radical (unpaired) electrons. The summed E-state index contributed by atoms with van der Waals surface area (Å²) in [4.78, 5) is 12.6. The average Bonchev–Trinajstić information content (AvgIpc) is 2.55. The first-order chi connectivity index (χ1) is 11.3. The second-order valence-electron chi connectivity index (χ2n) is 6.63. The van der Waals surface area contributed by atoms with Crippen LogP contribution in [-0.2, 0) is 14.8 Å². The van der Waals surface area contributed by atoms with Crippen LogP contribution in [-0.4, -0.2) is 38.3 Å². The van der Waals surface area contributed by atoms with Gasteiger partial charge in [0.1, 0.15) is 0 Å². The fourth-order valence-corrected chi connectivity index (χ4v) is 4.55. The first kappa shape index (κ1) is 19.4. The van der Waals surface area contributed by atoms with E-state index in [0.717, 1.165) is 17.3 Å². The second kappa shape index (κ2) is 8.45. The van der Waals surface area contributed by atoms with Gasteiger partial charge in [0, 0.05) is 24.1 Å². The second-order valence-corrected chi connectivity index (χ2v) is 9.48. The number of amides is 1. The van der Waals surface area contributed by atoms with E-state index >= 15 is 0 Å². The van der Waals surface area contributed by atoms with Gasteiger partial charge in [-0.05, 0) is 49.4 Å². The summed E-state index contributed by atoms with van der Waals surface area (Å²) in [7, 11) is -3.55. The Hall–Kier alpha value is -0.920. The summed E-state index contributed by atoms with van der Waals surface area (Å²) in [6, 6.07) is 6.61. The number of halogens is 1. The van der Waals surface area contributed by atoms with Gasteiger partial charge < -0.3 is 5.32 Å². The number of carbonyl (C=O) groups excluding carboxylic acids is 1. The summed E-state index contributed by atoms with van der Waals surface area (Å²) in [6.07, 6.45) is 2.37. The quantitative estimate of drug-likeness (QED) is 0.774. The van der Waals surface area contributed by atoms with Crippen molar-refractivity contribution in [3.05, 3.63) is 28.7 Å². The molecule has 1 heterocycles. The molecule has 7 heteroatoms. The van der Waals surface area contributed by atoms with Gasteiger partial charge in [-0.1, -0.05) is 29.8 Å². The lowest BCUT2D eigenvalue weighted by atomic mass is 9.98. The third-order valence-corrected chi connectivity index (χ3v) is 6.64. The zero-order valence-corrected chi connectivity index (χ0v) is 16.6.